The lowest BCUT2D eigenvalue weighted by atomic mass is 10.1. The highest BCUT2D eigenvalue weighted by Gasteiger charge is 2.20. The molecule has 0 radical (unpaired) electrons. The number of thiocarbonyl (C=S) groups is 1. The molecule has 1 fully saturated rings. The highest BCUT2D eigenvalue weighted by Crippen LogP contribution is 2.29. The van der Waals surface area contributed by atoms with Crippen LogP contribution in [0.25, 0.3) is 16.5 Å². The molecule has 3 rings (SSSR count). The standard InChI is InChI=1S/C17H15N3O2S2/c1-20(2)16(22)11-5-3-10(4-6-11)14-8-7-12(24-14)9-13-15(21)19-17(23)18-13/h3-9H,1-2H3,(H2,18,19,21,23). The highest BCUT2D eigenvalue weighted by molar-refractivity contribution is 7.80. The van der Waals surface area contributed by atoms with Gasteiger partial charge in [0.1, 0.15) is 5.70 Å². The van der Waals surface area contributed by atoms with Gasteiger partial charge in [0, 0.05) is 29.4 Å². The zero-order valence-electron chi connectivity index (χ0n) is 13.1. The van der Waals surface area contributed by atoms with Crippen molar-refractivity contribution in [3.8, 4) is 10.4 Å². The number of nitrogens with one attached hydrogen (secondary N) is 2. The van der Waals surface area contributed by atoms with Crippen LogP contribution in [0.5, 0.6) is 0 Å². The van der Waals surface area contributed by atoms with Crippen molar-refractivity contribution in [2.24, 2.45) is 0 Å². The van der Waals surface area contributed by atoms with E-state index in [9.17, 15) is 9.59 Å². The maximum Gasteiger partial charge on any atom is 0.273 e. The first-order valence-electron chi connectivity index (χ1n) is 7.20. The van der Waals surface area contributed by atoms with E-state index < -0.39 is 0 Å². The van der Waals surface area contributed by atoms with E-state index in [-0.39, 0.29) is 11.8 Å². The third kappa shape index (κ3) is 3.37. The summed E-state index contributed by atoms with van der Waals surface area (Å²) >= 11 is 6.47. The number of amides is 2. The van der Waals surface area contributed by atoms with Gasteiger partial charge in [-0.2, -0.15) is 0 Å². The lowest BCUT2D eigenvalue weighted by Gasteiger charge is -2.10. The number of nitrogens with zero attached hydrogens (tertiary/aromatic N) is 1. The van der Waals surface area contributed by atoms with Crippen LogP contribution >= 0.6 is 23.6 Å². The molecular formula is C17H15N3O2S2. The summed E-state index contributed by atoms with van der Waals surface area (Å²) in [5.41, 5.74) is 2.13. The van der Waals surface area contributed by atoms with Crippen molar-refractivity contribution >= 4 is 46.6 Å². The SMILES string of the molecule is CN(C)C(=O)c1ccc(-c2ccc(C=C3NC(=S)NC3=O)s2)cc1. The quantitative estimate of drug-likeness (QED) is 0.654. The summed E-state index contributed by atoms with van der Waals surface area (Å²) in [5.74, 6) is -0.242. The topological polar surface area (TPSA) is 61.4 Å². The van der Waals surface area contributed by atoms with E-state index in [4.69, 9.17) is 12.2 Å². The Morgan fingerprint density at radius 2 is 1.83 bits per heavy atom. The minimum Gasteiger partial charge on any atom is -0.345 e. The first kappa shape index (κ1) is 16.4. The fraction of sp³-hybridized carbons (Fsp3) is 0.118. The number of hydrogen-bond donors (Lipinski definition) is 2. The molecule has 1 aliphatic rings. The molecule has 0 atom stereocenters. The van der Waals surface area contributed by atoms with Crippen LogP contribution in [-0.2, 0) is 4.79 Å². The third-order valence-electron chi connectivity index (χ3n) is 3.46. The molecule has 2 N–H and O–H groups in total. The summed E-state index contributed by atoms with van der Waals surface area (Å²) in [5, 5.41) is 5.68. The van der Waals surface area contributed by atoms with Gasteiger partial charge < -0.3 is 10.2 Å². The van der Waals surface area contributed by atoms with Gasteiger partial charge in [0.25, 0.3) is 11.8 Å². The van der Waals surface area contributed by atoms with Crippen molar-refractivity contribution in [1.29, 1.82) is 0 Å². The fourth-order valence-electron chi connectivity index (χ4n) is 2.25. The summed E-state index contributed by atoms with van der Waals surface area (Å²) in [6.07, 6.45) is 1.77. The Kier molecular flexibility index (Phi) is 4.46. The molecule has 24 heavy (non-hydrogen) atoms. The van der Waals surface area contributed by atoms with Crippen molar-refractivity contribution in [3.63, 3.8) is 0 Å². The second-order valence-electron chi connectivity index (χ2n) is 5.45. The number of carbonyl (C=O) groups is 2. The zero-order chi connectivity index (χ0) is 17.3. The fourth-order valence-corrected chi connectivity index (χ4v) is 3.40. The Labute approximate surface area is 149 Å². The molecule has 2 amide bonds. The van der Waals surface area contributed by atoms with Gasteiger partial charge in [-0.3, -0.25) is 14.9 Å². The van der Waals surface area contributed by atoms with Crippen molar-refractivity contribution in [1.82, 2.24) is 15.5 Å². The highest BCUT2D eigenvalue weighted by atomic mass is 32.1. The Hall–Kier alpha value is -2.51. The van der Waals surface area contributed by atoms with Crippen LogP contribution in [0, 0.1) is 0 Å². The Balaban J connectivity index is 1.81. The van der Waals surface area contributed by atoms with Crippen LogP contribution in [0.15, 0.2) is 42.1 Å². The zero-order valence-corrected chi connectivity index (χ0v) is 14.8. The number of thiophene rings is 1. The predicted molar refractivity (Wildman–Crippen MR) is 99.6 cm³/mol. The number of carbonyl (C=O) groups excluding carboxylic acids is 2. The second kappa shape index (κ2) is 6.54. The molecule has 122 valence electrons. The van der Waals surface area contributed by atoms with Gasteiger partial charge in [0.2, 0.25) is 0 Å². The molecular weight excluding hydrogens is 342 g/mol. The van der Waals surface area contributed by atoms with E-state index in [1.54, 1.807) is 36.4 Å². The van der Waals surface area contributed by atoms with E-state index in [2.05, 4.69) is 10.6 Å². The lowest BCUT2D eigenvalue weighted by molar-refractivity contribution is -0.115. The average Bonchev–Trinajstić information content (AvgIpc) is 3.14. The Morgan fingerprint density at radius 3 is 2.42 bits per heavy atom. The molecule has 2 aromatic rings. The van der Waals surface area contributed by atoms with Crippen molar-refractivity contribution in [3.05, 3.63) is 52.5 Å². The van der Waals surface area contributed by atoms with Crippen LogP contribution < -0.4 is 10.6 Å². The Bertz CT molecular complexity index is 851. The van der Waals surface area contributed by atoms with Crippen LogP contribution in [0.4, 0.5) is 0 Å². The van der Waals surface area contributed by atoms with Gasteiger partial charge in [-0.25, -0.2) is 0 Å². The van der Waals surface area contributed by atoms with Gasteiger partial charge in [-0.15, -0.1) is 11.3 Å². The third-order valence-corrected chi connectivity index (χ3v) is 4.74. The summed E-state index contributed by atoms with van der Waals surface area (Å²) in [6.45, 7) is 0. The summed E-state index contributed by atoms with van der Waals surface area (Å²) in [4.78, 5) is 27.1. The monoisotopic (exact) mass is 357 g/mol. The molecule has 1 aliphatic heterocycles. The van der Waals surface area contributed by atoms with Crippen LogP contribution in [-0.4, -0.2) is 35.9 Å². The summed E-state index contributed by atoms with van der Waals surface area (Å²) in [6, 6.07) is 11.4. The molecule has 0 unspecified atom stereocenters. The van der Waals surface area contributed by atoms with Crippen LogP contribution in [0.3, 0.4) is 0 Å². The first-order valence-corrected chi connectivity index (χ1v) is 8.42. The average molecular weight is 357 g/mol. The molecule has 7 heteroatoms. The van der Waals surface area contributed by atoms with E-state index in [1.165, 1.54) is 0 Å². The van der Waals surface area contributed by atoms with Gasteiger partial charge in [0.05, 0.1) is 0 Å². The van der Waals surface area contributed by atoms with Crippen LogP contribution in [0.1, 0.15) is 15.2 Å². The molecule has 1 saturated heterocycles. The minimum absolute atomic E-state index is 0.0209. The van der Waals surface area contributed by atoms with E-state index in [1.807, 2.05) is 36.4 Å². The van der Waals surface area contributed by atoms with Crippen molar-refractivity contribution < 1.29 is 9.59 Å². The summed E-state index contributed by atoms with van der Waals surface area (Å²) < 4.78 is 0. The first-order chi connectivity index (χ1) is 11.4. The van der Waals surface area contributed by atoms with Gasteiger partial charge in [-0.05, 0) is 48.1 Å². The van der Waals surface area contributed by atoms with E-state index >= 15 is 0 Å². The Morgan fingerprint density at radius 1 is 1.12 bits per heavy atom. The lowest BCUT2D eigenvalue weighted by Crippen LogP contribution is -2.21. The smallest absolute Gasteiger partial charge is 0.273 e. The second-order valence-corrected chi connectivity index (χ2v) is 6.97. The van der Waals surface area contributed by atoms with Gasteiger partial charge >= 0.3 is 0 Å². The van der Waals surface area contributed by atoms with Crippen LogP contribution in [0.2, 0.25) is 0 Å². The molecule has 0 saturated carbocycles. The van der Waals surface area contributed by atoms with Gasteiger partial charge in [0.15, 0.2) is 5.11 Å². The maximum absolute atomic E-state index is 11.9. The normalized spacial score (nSPS) is 15.3. The molecule has 5 nitrogen and oxygen atoms in total. The number of hydrogen-bond acceptors (Lipinski definition) is 4. The number of benzene rings is 1. The van der Waals surface area contributed by atoms with E-state index in [0.29, 0.717) is 16.4 Å². The van der Waals surface area contributed by atoms with E-state index in [0.717, 1.165) is 15.3 Å². The molecule has 1 aromatic carbocycles. The summed E-state index contributed by atoms with van der Waals surface area (Å²) in [7, 11) is 3.46. The number of rotatable bonds is 3. The van der Waals surface area contributed by atoms with Gasteiger partial charge in [-0.1, -0.05) is 12.1 Å². The molecule has 1 aromatic heterocycles. The van der Waals surface area contributed by atoms with Crippen molar-refractivity contribution in [2.45, 2.75) is 0 Å². The maximum atomic E-state index is 11.9. The largest absolute Gasteiger partial charge is 0.345 e. The molecule has 2 heterocycles. The van der Waals surface area contributed by atoms with Crippen molar-refractivity contribution in [2.75, 3.05) is 14.1 Å². The molecule has 0 aliphatic carbocycles. The predicted octanol–water partition coefficient (Wildman–Crippen LogP) is 2.46. The minimum atomic E-state index is -0.221. The molecule has 0 bridgehead atoms. The molecule has 0 spiro atoms.